The largest absolute Gasteiger partial charge is 0.459 e. The van der Waals surface area contributed by atoms with Gasteiger partial charge in [0.2, 0.25) is 0 Å². The summed E-state index contributed by atoms with van der Waals surface area (Å²) in [5.74, 6) is 0.109. The number of hydrogen-bond acceptors (Lipinski definition) is 4. The van der Waals surface area contributed by atoms with Crippen LogP contribution < -0.4 is 0 Å². The third-order valence-corrected chi connectivity index (χ3v) is 4.28. The predicted octanol–water partition coefficient (Wildman–Crippen LogP) is 3.85. The lowest BCUT2D eigenvalue weighted by molar-refractivity contribution is 0.0464. The zero-order valence-corrected chi connectivity index (χ0v) is 13.8. The molecule has 0 bridgehead atoms. The molecule has 0 unspecified atom stereocenters. The minimum Gasteiger partial charge on any atom is -0.459 e. The lowest BCUT2D eigenvalue weighted by atomic mass is 10.0. The summed E-state index contributed by atoms with van der Waals surface area (Å²) in [5, 5.41) is 5.06. The van der Waals surface area contributed by atoms with Crippen molar-refractivity contribution in [2.24, 2.45) is 5.16 Å². The number of likely N-dealkylation sites (N-methyl/N-ethyl adjacent to an activating group) is 1. The highest BCUT2D eigenvalue weighted by Gasteiger charge is 2.26. The highest BCUT2D eigenvalue weighted by Crippen LogP contribution is 2.25. The van der Waals surface area contributed by atoms with Crippen molar-refractivity contribution in [2.75, 3.05) is 13.6 Å². The first-order valence-corrected chi connectivity index (χ1v) is 7.77. The van der Waals surface area contributed by atoms with Crippen molar-refractivity contribution in [3.05, 3.63) is 58.0 Å². The Morgan fingerprint density at radius 3 is 2.87 bits per heavy atom. The molecule has 0 N–H and O–H groups in total. The molecule has 0 spiro atoms. The van der Waals surface area contributed by atoms with Gasteiger partial charge in [0.05, 0.1) is 28.6 Å². The molecule has 120 valence electrons. The lowest BCUT2D eigenvalue weighted by Crippen LogP contribution is -2.34. The van der Waals surface area contributed by atoms with E-state index < -0.39 is 0 Å². The number of carbonyl (C=O) groups is 1. The van der Waals surface area contributed by atoms with Gasteiger partial charge in [0.25, 0.3) is 5.91 Å². The Morgan fingerprint density at radius 1 is 1.35 bits per heavy atom. The molecular weight excluding hydrogens is 339 g/mol. The molecule has 1 aliphatic heterocycles. The van der Waals surface area contributed by atoms with E-state index in [0.717, 1.165) is 11.3 Å². The van der Waals surface area contributed by atoms with Crippen LogP contribution in [0.4, 0.5) is 0 Å². The molecular formula is C16H14Cl2N2O3. The van der Waals surface area contributed by atoms with E-state index in [-0.39, 0.29) is 12.0 Å². The summed E-state index contributed by atoms with van der Waals surface area (Å²) in [7, 11) is 1.70. The summed E-state index contributed by atoms with van der Waals surface area (Å²) in [6, 6.07) is 8.63. The van der Waals surface area contributed by atoms with Gasteiger partial charge < -0.3 is 14.2 Å². The number of carbonyl (C=O) groups excluding carboxylic acids is 1. The maximum Gasteiger partial charge on any atom is 0.289 e. The van der Waals surface area contributed by atoms with Gasteiger partial charge in [-0.25, -0.2) is 0 Å². The van der Waals surface area contributed by atoms with Crippen molar-refractivity contribution in [2.45, 2.75) is 12.5 Å². The average Bonchev–Trinajstić information content (AvgIpc) is 3.20. The standard InChI is InChI=1S/C16H14Cl2N2O3/c1-20(16(21)15-3-2-6-22-15)9-11-8-14(19-23-11)10-4-5-12(17)13(18)7-10/h2-7,11H,8-9H2,1H3/t11-/m1/s1. The summed E-state index contributed by atoms with van der Waals surface area (Å²) in [4.78, 5) is 19.1. The first-order valence-electron chi connectivity index (χ1n) is 7.01. The maximum absolute atomic E-state index is 12.1. The summed E-state index contributed by atoms with van der Waals surface area (Å²) in [6.07, 6.45) is 1.86. The van der Waals surface area contributed by atoms with Crippen molar-refractivity contribution in [3.8, 4) is 0 Å². The molecule has 2 aromatic rings. The molecule has 1 amide bonds. The van der Waals surface area contributed by atoms with Gasteiger partial charge in [-0.3, -0.25) is 4.79 Å². The Morgan fingerprint density at radius 2 is 2.17 bits per heavy atom. The molecule has 0 fully saturated rings. The second-order valence-electron chi connectivity index (χ2n) is 5.26. The molecule has 5 nitrogen and oxygen atoms in total. The van der Waals surface area contributed by atoms with Gasteiger partial charge in [-0.1, -0.05) is 34.4 Å². The highest BCUT2D eigenvalue weighted by molar-refractivity contribution is 6.42. The highest BCUT2D eigenvalue weighted by atomic mass is 35.5. The minimum absolute atomic E-state index is 0.193. The summed E-state index contributed by atoms with van der Waals surface area (Å²) < 4.78 is 5.11. The SMILES string of the molecule is CN(C[C@H]1CC(c2ccc(Cl)c(Cl)c2)=NO1)C(=O)c1ccco1. The number of rotatable bonds is 4. The van der Waals surface area contributed by atoms with Gasteiger partial charge in [0.1, 0.15) is 0 Å². The molecule has 1 aliphatic rings. The summed E-state index contributed by atoms with van der Waals surface area (Å²) >= 11 is 11.9. The first kappa shape index (κ1) is 15.9. The molecule has 1 aromatic heterocycles. The van der Waals surface area contributed by atoms with Gasteiger partial charge in [0.15, 0.2) is 11.9 Å². The number of benzene rings is 1. The van der Waals surface area contributed by atoms with E-state index in [2.05, 4.69) is 5.16 Å². The Bertz CT molecular complexity index is 744. The fraction of sp³-hybridized carbons (Fsp3) is 0.250. The first-order chi connectivity index (χ1) is 11.0. The molecule has 0 saturated carbocycles. The van der Waals surface area contributed by atoms with Crippen LogP contribution in [0.2, 0.25) is 10.0 Å². The van der Waals surface area contributed by atoms with Crippen molar-refractivity contribution < 1.29 is 14.0 Å². The van der Waals surface area contributed by atoms with Crippen LogP contribution in [0.5, 0.6) is 0 Å². The van der Waals surface area contributed by atoms with Crippen molar-refractivity contribution in [1.29, 1.82) is 0 Å². The van der Waals surface area contributed by atoms with Gasteiger partial charge in [-0.05, 0) is 24.3 Å². The number of nitrogens with zero attached hydrogens (tertiary/aromatic N) is 2. The van der Waals surface area contributed by atoms with Crippen molar-refractivity contribution >= 4 is 34.8 Å². The van der Waals surface area contributed by atoms with E-state index in [4.69, 9.17) is 32.5 Å². The molecule has 23 heavy (non-hydrogen) atoms. The summed E-state index contributed by atoms with van der Waals surface area (Å²) in [5.41, 5.74) is 1.65. The molecule has 1 atom stereocenters. The van der Waals surface area contributed by atoms with Crippen LogP contribution >= 0.6 is 23.2 Å². The predicted molar refractivity (Wildman–Crippen MR) is 88.2 cm³/mol. The number of halogens is 2. The van der Waals surface area contributed by atoms with E-state index in [1.54, 1.807) is 36.2 Å². The van der Waals surface area contributed by atoms with Crippen molar-refractivity contribution in [3.63, 3.8) is 0 Å². The fourth-order valence-corrected chi connectivity index (χ4v) is 2.65. The van der Waals surface area contributed by atoms with Crippen LogP contribution in [0.3, 0.4) is 0 Å². The number of furan rings is 1. The average molecular weight is 353 g/mol. The lowest BCUT2D eigenvalue weighted by Gasteiger charge is -2.18. The third-order valence-electron chi connectivity index (χ3n) is 3.54. The molecule has 3 rings (SSSR count). The van der Waals surface area contributed by atoms with Gasteiger partial charge in [-0.2, -0.15) is 0 Å². The number of oxime groups is 1. The second-order valence-corrected chi connectivity index (χ2v) is 6.08. The fourth-order valence-electron chi connectivity index (χ4n) is 2.35. The van der Waals surface area contributed by atoms with E-state index in [1.807, 2.05) is 6.07 Å². The third kappa shape index (κ3) is 3.51. The quantitative estimate of drug-likeness (QED) is 0.839. The second kappa shape index (κ2) is 6.64. The molecule has 0 radical (unpaired) electrons. The Hall–Kier alpha value is -1.98. The minimum atomic E-state index is -0.205. The van der Waals surface area contributed by atoms with Crippen LogP contribution in [-0.2, 0) is 4.84 Å². The van der Waals surface area contributed by atoms with Crippen LogP contribution in [0.1, 0.15) is 22.5 Å². The normalized spacial score (nSPS) is 16.8. The van der Waals surface area contributed by atoms with E-state index >= 15 is 0 Å². The Kier molecular flexibility index (Phi) is 4.59. The zero-order valence-electron chi connectivity index (χ0n) is 12.3. The van der Waals surface area contributed by atoms with Crippen LogP contribution in [0, 0.1) is 0 Å². The van der Waals surface area contributed by atoms with Crippen LogP contribution in [0.25, 0.3) is 0 Å². The van der Waals surface area contributed by atoms with Crippen molar-refractivity contribution in [1.82, 2.24) is 4.90 Å². The van der Waals surface area contributed by atoms with Gasteiger partial charge in [0, 0.05) is 19.0 Å². The zero-order chi connectivity index (χ0) is 16.4. The molecule has 0 saturated heterocycles. The smallest absolute Gasteiger partial charge is 0.289 e. The molecule has 2 heterocycles. The Balaban J connectivity index is 1.60. The van der Waals surface area contributed by atoms with Crippen LogP contribution in [-0.4, -0.2) is 36.2 Å². The maximum atomic E-state index is 12.1. The number of amides is 1. The molecule has 1 aromatic carbocycles. The number of hydrogen-bond donors (Lipinski definition) is 0. The van der Waals surface area contributed by atoms with E-state index in [9.17, 15) is 4.79 Å². The van der Waals surface area contributed by atoms with E-state index in [1.165, 1.54) is 6.26 Å². The van der Waals surface area contributed by atoms with Gasteiger partial charge in [-0.15, -0.1) is 0 Å². The molecule has 7 heteroatoms. The van der Waals surface area contributed by atoms with Crippen LogP contribution in [0.15, 0.2) is 46.2 Å². The molecule has 0 aliphatic carbocycles. The van der Waals surface area contributed by atoms with Gasteiger partial charge >= 0.3 is 0 Å². The topological polar surface area (TPSA) is 55.0 Å². The Labute approximate surface area is 143 Å². The van der Waals surface area contributed by atoms with E-state index in [0.29, 0.717) is 28.8 Å². The monoisotopic (exact) mass is 352 g/mol. The summed E-state index contributed by atoms with van der Waals surface area (Å²) in [6.45, 7) is 0.411.